The van der Waals surface area contributed by atoms with Gasteiger partial charge in [-0.15, -0.1) is 0 Å². The molecule has 0 aliphatic heterocycles. The first kappa shape index (κ1) is 15.1. The summed E-state index contributed by atoms with van der Waals surface area (Å²) in [4.78, 5) is 21.0. The third-order valence-electron chi connectivity index (χ3n) is 2.98. The fourth-order valence-corrected chi connectivity index (χ4v) is 1.84. The first-order valence-electron chi connectivity index (χ1n) is 6.15. The van der Waals surface area contributed by atoms with Gasteiger partial charge >= 0.3 is 5.97 Å². The third-order valence-corrected chi connectivity index (χ3v) is 2.98. The van der Waals surface area contributed by atoms with Crippen LogP contribution in [0.2, 0.25) is 0 Å². The summed E-state index contributed by atoms with van der Waals surface area (Å²) < 4.78 is 0. The van der Waals surface area contributed by atoms with Gasteiger partial charge in [0.05, 0.1) is 4.92 Å². The number of non-ortho nitro benzene ring substituents is 1. The molecule has 22 heavy (non-hydrogen) atoms. The Morgan fingerprint density at radius 1 is 1.14 bits per heavy atom. The Labute approximate surface area is 124 Å². The van der Waals surface area contributed by atoms with Crippen molar-refractivity contribution in [3.63, 3.8) is 0 Å². The van der Waals surface area contributed by atoms with Gasteiger partial charge < -0.3 is 20.6 Å². The number of nitrogens with one attached hydrogen (secondary N) is 1. The molecule has 0 heterocycles. The number of carboxylic acids is 1. The van der Waals surface area contributed by atoms with Crippen molar-refractivity contribution < 1.29 is 25.0 Å². The Kier molecular flexibility index (Phi) is 4.12. The Balaban J connectivity index is 2.20. The number of benzene rings is 2. The second-order valence-corrected chi connectivity index (χ2v) is 4.46. The maximum atomic E-state index is 10.9. The summed E-state index contributed by atoms with van der Waals surface area (Å²) in [6.45, 7) is 0.0529. The molecule has 114 valence electrons. The van der Waals surface area contributed by atoms with E-state index < -0.39 is 10.9 Å². The summed E-state index contributed by atoms with van der Waals surface area (Å²) in [5.74, 6) is -1.76. The fourth-order valence-electron chi connectivity index (χ4n) is 1.84. The molecule has 8 heteroatoms. The van der Waals surface area contributed by atoms with E-state index in [-0.39, 0.29) is 29.3 Å². The van der Waals surface area contributed by atoms with Crippen molar-refractivity contribution in [3.05, 3.63) is 57.6 Å². The number of aromatic carboxylic acids is 1. The van der Waals surface area contributed by atoms with E-state index in [4.69, 9.17) is 5.11 Å². The van der Waals surface area contributed by atoms with Gasteiger partial charge in [-0.2, -0.15) is 0 Å². The van der Waals surface area contributed by atoms with Crippen LogP contribution >= 0.6 is 0 Å². The molecule has 0 bridgehead atoms. The number of hydrogen-bond acceptors (Lipinski definition) is 6. The molecule has 0 aliphatic carbocycles. The van der Waals surface area contributed by atoms with Gasteiger partial charge in [0, 0.05) is 29.9 Å². The minimum absolute atomic E-state index is 0.0529. The van der Waals surface area contributed by atoms with Crippen molar-refractivity contribution in [1.29, 1.82) is 0 Å². The number of carboxylic acid groups (broad SMARTS) is 1. The first-order chi connectivity index (χ1) is 10.4. The molecule has 2 aromatic rings. The number of nitro benzene ring substituents is 1. The van der Waals surface area contributed by atoms with E-state index in [9.17, 15) is 25.1 Å². The van der Waals surface area contributed by atoms with Gasteiger partial charge in [-0.3, -0.25) is 10.1 Å². The molecule has 0 saturated carbocycles. The predicted octanol–water partition coefficient (Wildman–Crippen LogP) is 2.32. The van der Waals surface area contributed by atoms with Crippen LogP contribution in [0.4, 0.5) is 11.4 Å². The van der Waals surface area contributed by atoms with E-state index in [1.165, 1.54) is 36.4 Å². The largest absolute Gasteiger partial charge is 0.508 e. The van der Waals surface area contributed by atoms with Gasteiger partial charge in [0.15, 0.2) is 0 Å². The highest BCUT2D eigenvalue weighted by atomic mass is 16.6. The molecule has 0 atom stereocenters. The average molecular weight is 304 g/mol. The molecular formula is C14H12N2O6. The summed E-state index contributed by atoms with van der Waals surface area (Å²) in [6, 6.07) is 7.53. The van der Waals surface area contributed by atoms with E-state index in [2.05, 4.69) is 5.32 Å². The highest BCUT2D eigenvalue weighted by Gasteiger charge is 2.12. The number of hydrogen-bond donors (Lipinski definition) is 4. The van der Waals surface area contributed by atoms with E-state index in [1.807, 2.05) is 0 Å². The van der Waals surface area contributed by atoms with Gasteiger partial charge in [0.1, 0.15) is 17.1 Å². The molecule has 0 radical (unpaired) electrons. The average Bonchev–Trinajstić information content (AvgIpc) is 2.47. The first-order valence-corrected chi connectivity index (χ1v) is 6.15. The molecule has 0 aromatic heterocycles. The molecule has 0 saturated heterocycles. The third kappa shape index (κ3) is 3.23. The standard InChI is InChI=1S/C14H12N2O6/c17-12-4-2-10(16(21)22)5-8(12)7-15-9-1-3-13(18)11(6-9)14(19)20/h1-6,15,17-18H,7H2,(H,19,20). The normalized spacial score (nSPS) is 10.2. The molecule has 2 rings (SSSR count). The number of nitro groups is 1. The smallest absolute Gasteiger partial charge is 0.339 e. The van der Waals surface area contributed by atoms with Crippen LogP contribution < -0.4 is 5.32 Å². The second kappa shape index (κ2) is 6.00. The molecule has 4 N–H and O–H groups in total. The maximum absolute atomic E-state index is 10.9. The van der Waals surface area contributed by atoms with E-state index >= 15 is 0 Å². The van der Waals surface area contributed by atoms with Gasteiger partial charge in [0.25, 0.3) is 5.69 Å². The SMILES string of the molecule is O=C(O)c1cc(NCc2cc([N+](=O)[O-])ccc2O)ccc1O. The lowest BCUT2D eigenvalue weighted by Gasteiger charge is -2.09. The van der Waals surface area contributed by atoms with Crippen LogP contribution in [0.3, 0.4) is 0 Å². The van der Waals surface area contributed by atoms with E-state index in [1.54, 1.807) is 0 Å². The Morgan fingerprint density at radius 3 is 2.45 bits per heavy atom. The van der Waals surface area contributed by atoms with Crippen molar-refractivity contribution in [1.82, 2.24) is 0 Å². The lowest BCUT2D eigenvalue weighted by molar-refractivity contribution is -0.384. The molecule has 0 spiro atoms. The van der Waals surface area contributed by atoms with Crippen LogP contribution in [0.15, 0.2) is 36.4 Å². The zero-order valence-corrected chi connectivity index (χ0v) is 11.2. The molecule has 0 amide bonds. The van der Waals surface area contributed by atoms with Crippen LogP contribution in [-0.4, -0.2) is 26.2 Å². The summed E-state index contributed by atoms with van der Waals surface area (Å²) >= 11 is 0. The van der Waals surface area contributed by atoms with Crippen molar-refractivity contribution >= 4 is 17.3 Å². The Hall–Kier alpha value is -3.29. The summed E-state index contributed by atoms with van der Waals surface area (Å²) in [6.07, 6.45) is 0. The summed E-state index contributed by atoms with van der Waals surface area (Å²) in [5, 5.41) is 41.5. The molecule has 0 aliphatic rings. The Morgan fingerprint density at radius 2 is 1.82 bits per heavy atom. The van der Waals surface area contributed by atoms with Crippen LogP contribution in [0.25, 0.3) is 0 Å². The molecule has 0 fully saturated rings. The lowest BCUT2D eigenvalue weighted by Crippen LogP contribution is -2.03. The number of rotatable bonds is 5. The number of carbonyl (C=O) groups is 1. The van der Waals surface area contributed by atoms with Crippen molar-refractivity contribution in [2.45, 2.75) is 6.54 Å². The van der Waals surface area contributed by atoms with Gasteiger partial charge in [-0.05, 0) is 24.3 Å². The van der Waals surface area contributed by atoms with E-state index in [0.717, 1.165) is 0 Å². The van der Waals surface area contributed by atoms with Crippen LogP contribution in [-0.2, 0) is 6.54 Å². The monoisotopic (exact) mass is 304 g/mol. The van der Waals surface area contributed by atoms with Crippen LogP contribution in [0.1, 0.15) is 15.9 Å². The Bertz CT molecular complexity index is 744. The number of nitrogens with zero attached hydrogens (tertiary/aromatic N) is 1. The van der Waals surface area contributed by atoms with Crippen molar-refractivity contribution in [2.75, 3.05) is 5.32 Å². The minimum atomic E-state index is -1.28. The lowest BCUT2D eigenvalue weighted by atomic mass is 10.1. The van der Waals surface area contributed by atoms with Gasteiger partial charge in [0.2, 0.25) is 0 Å². The predicted molar refractivity (Wildman–Crippen MR) is 77.2 cm³/mol. The zero-order chi connectivity index (χ0) is 16.3. The van der Waals surface area contributed by atoms with Crippen molar-refractivity contribution in [3.8, 4) is 11.5 Å². The van der Waals surface area contributed by atoms with Crippen molar-refractivity contribution in [2.24, 2.45) is 0 Å². The second-order valence-electron chi connectivity index (χ2n) is 4.46. The highest BCUT2D eigenvalue weighted by molar-refractivity contribution is 5.92. The van der Waals surface area contributed by atoms with Gasteiger partial charge in [-0.1, -0.05) is 0 Å². The fraction of sp³-hybridized carbons (Fsp3) is 0.0714. The van der Waals surface area contributed by atoms with Crippen LogP contribution in [0, 0.1) is 10.1 Å². The quantitative estimate of drug-likeness (QED) is 0.378. The molecule has 8 nitrogen and oxygen atoms in total. The number of phenolic OH excluding ortho intramolecular Hbond substituents is 1. The van der Waals surface area contributed by atoms with Gasteiger partial charge in [-0.25, -0.2) is 4.79 Å². The topological polar surface area (TPSA) is 133 Å². The molecular weight excluding hydrogens is 292 g/mol. The maximum Gasteiger partial charge on any atom is 0.339 e. The van der Waals surface area contributed by atoms with E-state index in [0.29, 0.717) is 11.3 Å². The zero-order valence-electron chi connectivity index (χ0n) is 11.2. The molecule has 2 aromatic carbocycles. The number of phenols is 2. The number of aromatic hydroxyl groups is 2. The summed E-state index contributed by atoms with van der Waals surface area (Å²) in [5.41, 5.74) is 0.250. The summed E-state index contributed by atoms with van der Waals surface area (Å²) in [7, 11) is 0. The highest BCUT2D eigenvalue weighted by Crippen LogP contribution is 2.25. The van der Waals surface area contributed by atoms with Crippen LogP contribution in [0.5, 0.6) is 11.5 Å². The minimum Gasteiger partial charge on any atom is -0.508 e. The molecule has 0 unspecified atom stereocenters. The number of anilines is 1.